The van der Waals surface area contributed by atoms with Crippen molar-refractivity contribution in [3.8, 4) is 11.4 Å². The number of nitrogens with zero attached hydrogens (tertiary/aromatic N) is 4. The molecule has 1 fully saturated rings. The number of nitrogens with one attached hydrogen (secondary N) is 1. The molecule has 23 heavy (non-hydrogen) atoms. The largest absolute Gasteiger partial charge is 0.377 e. The standard InChI is InChI=1S/C15H16ClN5OS/c1-8-5-11(19-18-8)13-14-15(23-20-13)10(16)6-12(17-14)21-3-4-22-7-9(21)2/h5-6,9H,3-4,7H2,1-2H3,(H,18,19). The first-order valence-corrected chi connectivity index (χ1v) is 8.61. The zero-order valence-electron chi connectivity index (χ0n) is 12.8. The minimum absolute atomic E-state index is 0.271. The molecule has 0 radical (unpaired) electrons. The molecule has 1 aliphatic rings. The third kappa shape index (κ3) is 2.58. The first-order chi connectivity index (χ1) is 11.1. The van der Waals surface area contributed by atoms with Crippen molar-refractivity contribution in [1.29, 1.82) is 0 Å². The Morgan fingerprint density at radius 2 is 2.30 bits per heavy atom. The molecule has 0 bridgehead atoms. The Kier molecular flexibility index (Phi) is 3.71. The molecule has 6 nitrogen and oxygen atoms in total. The summed E-state index contributed by atoms with van der Waals surface area (Å²) in [4.78, 5) is 7.06. The minimum atomic E-state index is 0.271. The Morgan fingerprint density at radius 1 is 1.43 bits per heavy atom. The van der Waals surface area contributed by atoms with Crippen molar-refractivity contribution in [2.75, 3.05) is 24.7 Å². The number of aromatic amines is 1. The number of aryl methyl sites for hydroxylation is 1. The van der Waals surface area contributed by atoms with E-state index in [0.717, 1.165) is 39.7 Å². The number of fused-ring (bicyclic) bond motifs is 1. The fraction of sp³-hybridized carbons (Fsp3) is 0.400. The van der Waals surface area contributed by atoms with E-state index in [4.69, 9.17) is 21.3 Å². The van der Waals surface area contributed by atoms with Gasteiger partial charge in [-0.1, -0.05) is 11.6 Å². The van der Waals surface area contributed by atoms with Crippen molar-refractivity contribution in [2.24, 2.45) is 0 Å². The highest BCUT2D eigenvalue weighted by Crippen LogP contribution is 2.36. The lowest BCUT2D eigenvalue weighted by Crippen LogP contribution is -2.44. The van der Waals surface area contributed by atoms with Gasteiger partial charge in [-0.05, 0) is 31.4 Å². The Balaban J connectivity index is 1.85. The molecule has 4 heterocycles. The number of pyridine rings is 1. The van der Waals surface area contributed by atoms with Gasteiger partial charge in [0.05, 0.1) is 29.0 Å². The summed E-state index contributed by atoms with van der Waals surface area (Å²) >= 11 is 7.84. The summed E-state index contributed by atoms with van der Waals surface area (Å²) in [5, 5.41) is 7.93. The highest BCUT2D eigenvalue weighted by Gasteiger charge is 2.23. The van der Waals surface area contributed by atoms with Crippen LogP contribution in [0.15, 0.2) is 12.1 Å². The zero-order valence-corrected chi connectivity index (χ0v) is 14.4. The Hall–Kier alpha value is -1.70. The molecule has 0 aromatic carbocycles. The molecule has 0 amide bonds. The molecule has 1 saturated heterocycles. The molecule has 120 valence electrons. The second-order valence-electron chi connectivity index (χ2n) is 5.72. The lowest BCUT2D eigenvalue weighted by Gasteiger charge is -2.34. The highest BCUT2D eigenvalue weighted by atomic mass is 35.5. The van der Waals surface area contributed by atoms with Crippen molar-refractivity contribution in [1.82, 2.24) is 19.6 Å². The van der Waals surface area contributed by atoms with Crippen LogP contribution in [0.3, 0.4) is 0 Å². The summed E-state index contributed by atoms with van der Waals surface area (Å²) in [6.45, 7) is 6.30. The maximum atomic E-state index is 6.48. The second-order valence-corrected chi connectivity index (χ2v) is 6.91. The van der Waals surface area contributed by atoms with Gasteiger partial charge in [0.1, 0.15) is 22.7 Å². The van der Waals surface area contributed by atoms with Gasteiger partial charge in [0.2, 0.25) is 0 Å². The third-order valence-corrected chi connectivity index (χ3v) is 5.26. The maximum Gasteiger partial charge on any atom is 0.131 e. The van der Waals surface area contributed by atoms with Crippen molar-refractivity contribution in [3.63, 3.8) is 0 Å². The molecule has 8 heteroatoms. The molecule has 1 atom stereocenters. The molecule has 1 aliphatic heterocycles. The molecule has 3 aromatic rings. The summed E-state index contributed by atoms with van der Waals surface area (Å²) in [7, 11) is 0. The van der Waals surface area contributed by atoms with Crippen molar-refractivity contribution >= 4 is 39.2 Å². The zero-order chi connectivity index (χ0) is 16.0. The molecule has 1 N–H and O–H groups in total. The van der Waals surface area contributed by atoms with E-state index >= 15 is 0 Å². The number of hydrogen-bond donors (Lipinski definition) is 1. The van der Waals surface area contributed by atoms with Gasteiger partial charge in [-0.2, -0.15) is 9.47 Å². The normalized spacial score (nSPS) is 18.7. The van der Waals surface area contributed by atoms with Crippen molar-refractivity contribution in [3.05, 3.63) is 22.8 Å². The van der Waals surface area contributed by atoms with Crippen LogP contribution in [0, 0.1) is 6.92 Å². The van der Waals surface area contributed by atoms with Gasteiger partial charge in [-0.25, -0.2) is 4.98 Å². The monoisotopic (exact) mass is 349 g/mol. The first kappa shape index (κ1) is 14.9. The number of H-pyrrole nitrogens is 1. The van der Waals surface area contributed by atoms with E-state index in [9.17, 15) is 0 Å². The molecule has 0 spiro atoms. The fourth-order valence-electron chi connectivity index (χ4n) is 2.79. The Morgan fingerprint density at radius 3 is 3.04 bits per heavy atom. The lowest BCUT2D eigenvalue weighted by atomic mass is 10.2. The third-order valence-electron chi connectivity index (χ3n) is 3.98. The van der Waals surface area contributed by atoms with Crippen LogP contribution in [0.2, 0.25) is 5.02 Å². The number of rotatable bonds is 2. The molecule has 3 aromatic heterocycles. The summed E-state index contributed by atoms with van der Waals surface area (Å²) < 4.78 is 10.9. The summed E-state index contributed by atoms with van der Waals surface area (Å²) in [5.41, 5.74) is 3.37. The van der Waals surface area contributed by atoms with Crippen molar-refractivity contribution in [2.45, 2.75) is 19.9 Å². The van der Waals surface area contributed by atoms with Gasteiger partial charge in [-0.15, -0.1) is 0 Å². The van der Waals surface area contributed by atoms with Gasteiger partial charge in [0.25, 0.3) is 0 Å². The maximum absolute atomic E-state index is 6.48. The quantitative estimate of drug-likeness (QED) is 0.769. The van der Waals surface area contributed by atoms with Crippen molar-refractivity contribution < 1.29 is 4.74 Å². The van der Waals surface area contributed by atoms with E-state index in [2.05, 4.69) is 26.4 Å². The van der Waals surface area contributed by atoms with Crippen LogP contribution in [0.1, 0.15) is 12.6 Å². The van der Waals surface area contributed by atoms with Crippen LogP contribution in [-0.4, -0.2) is 45.4 Å². The smallest absolute Gasteiger partial charge is 0.131 e. The van der Waals surface area contributed by atoms with E-state index in [-0.39, 0.29) is 6.04 Å². The predicted molar refractivity (Wildman–Crippen MR) is 92.4 cm³/mol. The van der Waals surface area contributed by atoms with Gasteiger partial charge >= 0.3 is 0 Å². The predicted octanol–water partition coefficient (Wildman–Crippen LogP) is 3.27. The first-order valence-electron chi connectivity index (χ1n) is 7.46. The topological polar surface area (TPSA) is 66.9 Å². The molecule has 1 unspecified atom stereocenters. The number of aromatic nitrogens is 4. The number of ether oxygens (including phenoxy) is 1. The molecule has 4 rings (SSSR count). The van der Waals surface area contributed by atoms with E-state index < -0.39 is 0 Å². The number of morpholine rings is 1. The van der Waals surface area contributed by atoms with Crippen LogP contribution < -0.4 is 4.90 Å². The molecular formula is C15H16ClN5OS. The molecule has 0 saturated carbocycles. The highest BCUT2D eigenvalue weighted by molar-refractivity contribution is 7.14. The number of hydrogen-bond acceptors (Lipinski definition) is 6. The van der Waals surface area contributed by atoms with Gasteiger partial charge in [0, 0.05) is 18.3 Å². The second kappa shape index (κ2) is 5.74. The summed E-state index contributed by atoms with van der Waals surface area (Å²) in [5.74, 6) is 0.868. The van der Waals surface area contributed by atoms with E-state index in [1.807, 2.05) is 19.1 Å². The van der Waals surface area contributed by atoms with Crippen LogP contribution in [0.25, 0.3) is 21.6 Å². The van der Waals surface area contributed by atoms with Crippen LogP contribution in [0.4, 0.5) is 5.82 Å². The number of anilines is 1. The SMILES string of the molecule is Cc1cc(-c2nsc3c(Cl)cc(N4CCOCC4C)nc23)n[nH]1. The van der Waals surface area contributed by atoms with Gasteiger partial charge in [-0.3, -0.25) is 5.10 Å². The van der Waals surface area contributed by atoms with Crippen LogP contribution in [0.5, 0.6) is 0 Å². The van der Waals surface area contributed by atoms with E-state index in [1.54, 1.807) is 0 Å². The van der Waals surface area contributed by atoms with E-state index in [1.165, 1.54) is 11.5 Å². The van der Waals surface area contributed by atoms with Crippen LogP contribution >= 0.6 is 23.1 Å². The van der Waals surface area contributed by atoms with Gasteiger partial charge in [0.15, 0.2) is 0 Å². The minimum Gasteiger partial charge on any atom is -0.377 e. The number of halogens is 1. The van der Waals surface area contributed by atoms with E-state index in [0.29, 0.717) is 18.2 Å². The fourth-order valence-corrected chi connectivity index (χ4v) is 3.82. The van der Waals surface area contributed by atoms with Gasteiger partial charge < -0.3 is 9.64 Å². The lowest BCUT2D eigenvalue weighted by molar-refractivity contribution is 0.0986. The summed E-state index contributed by atoms with van der Waals surface area (Å²) in [6, 6.07) is 4.16. The average molecular weight is 350 g/mol. The van der Waals surface area contributed by atoms with Crippen LogP contribution in [-0.2, 0) is 4.74 Å². The summed E-state index contributed by atoms with van der Waals surface area (Å²) in [6.07, 6.45) is 0. The Labute approximate surface area is 142 Å². The average Bonchev–Trinajstić information content (AvgIpc) is 3.14. The molecule has 0 aliphatic carbocycles. The Bertz CT molecular complexity index is 861. The molecular weight excluding hydrogens is 334 g/mol.